The number of piperazine rings is 1. The number of aromatic nitrogens is 1. The number of amides is 1. The van der Waals surface area contributed by atoms with Crippen LogP contribution in [0, 0.1) is 0 Å². The summed E-state index contributed by atoms with van der Waals surface area (Å²) in [7, 11) is 0. The van der Waals surface area contributed by atoms with Gasteiger partial charge in [0, 0.05) is 32.4 Å². The Bertz CT molecular complexity index is 570. The second kappa shape index (κ2) is 8.42. The van der Waals surface area contributed by atoms with Crippen LogP contribution in [0.15, 0.2) is 29.5 Å². The van der Waals surface area contributed by atoms with E-state index in [0.717, 1.165) is 11.4 Å². The highest BCUT2D eigenvalue weighted by Gasteiger charge is 2.23. The molecular weight excluding hydrogens is 314 g/mol. The summed E-state index contributed by atoms with van der Waals surface area (Å²) in [6.45, 7) is 6.55. The molecule has 0 spiro atoms. The lowest BCUT2D eigenvalue weighted by atomic mass is 10.3. The summed E-state index contributed by atoms with van der Waals surface area (Å²) in [6.07, 6.45) is 1.46. The molecule has 0 aliphatic carbocycles. The molecule has 8 heteroatoms. The number of carbonyl (C=O) groups excluding carboxylic acids is 1. The molecule has 1 fully saturated rings. The maximum atomic E-state index is 11.7. The summed E-state index contributed by atoms with van der Waals surface area (Å²) in [6, 6.07) is 5.66. The number of hydrogen-bond acceptors (Lipinski definition) is 5. The molecule has 0 atom stereocenters. The number of rotatable bonds is 3. The van der Waals surface area contributed by atoms with Gasteiger partial charge in [-0.25, -0.2) is 4.79 Å². The molecule has 0 saturated carbocycles. The second-order valence-corrected chi connectivity index (χ2v) is 5.39. The van der Waals surface area contributed by atoms with Crippen LogP contribution in [-0.2, 0) is 4.74 Å². The quantitative estimate of drug-likeness (QED) is 0.512. The van der Waals surface area contributed by atoms with Crippen molar-refractivity contribution in [3.05, 3.63) is 30.1 Å². The molecular formula is C15H21N5O2S. The van der Waals surface area contributed by atoms with Gasteiger partial charge in [0.1, 0.15) is 0 Å². The fourth-order valence-electron chi connectivity index (χ4n) is 2.14. The third-order valence-corrected chi connectivity index (χ3v) is 3.80. The molecule has 1 aromatic heterocycles. The van der Waals surface area contributed by atoms with Gasteiger partial charge in [0.05, 0.1) is 18.0 Å². The van der Waals surface area contributed by atoms with E-state index in [4.69, 9.17) is 17.0 Å². The van der Waals surface area contributed by atoms with Crippen molar-refractivity contribution in [2.24, 2.45) is 5.10 Å². The third-order valence-electron chi connectivity index (χ3n) is 3.45. The number of hydrogen-bond donors (Lipinski definition) is 1. The molecule has 0 unspecified atom stereocenters. The normalized spacial score (nSPS) is 15.3. The molecule has 1 aliphatic heterocycles. The number of nitrogens with zero attached hydrogens (tertiary/aromatic N) is 4. The van der Waals surface area contributed by atoms with Gasteiger partial charge >= 0.3 is 6.09 Å². The first-order valence-corrected chi connectivity index (χ1v) is 7.95. The molecule has 1 aromatic rings. The minimum atomic E-state index is -0.268. The van der Waals surface area contributed by atoms with Crippen molar-refractivity contribution in [1.29, 1.82) is 0 Å². The summed E-state index contributed by atoms with van der Waals surface area (Å²) in [4.78, 5) is 19.6. The smallest absolute Gasteiger partial charge is 0.409 e. The highest BCUT2D eigenvalue weighted by atomic mass is 32.1. The lowest BCUT2D eigenvalue weighted by Gasteiger charge is -2.34. The Morgan fingerprint density at radius 1 is 1.35 bits per heavy atom. The van der Waals surface area contributed by atoms with Crippen LogP contribution in [0.3, 0.4) is 0 Å². The summed E-state index contributed by atoms with van der Waals surface area (Å²) >= 11 is 5.35. The van der Waals surface area contributed by atoms with Crippen LogP contribution in [0.4, 0.5) is 4.79 Å². The van der Waals surface area contributed by atoms with Crippen LogP contribution in [0.2, 0.25) is 0 Å². The summed E-state index contributed by atoms with van der Waals surface area (Å²) in [5.74, 6) is 0. The molecule has 0 bridgehead atoms. The highest BCUT2D eigenvalue weighted by Crippen LogP contribution is 2.04. The molecule has 1 amide bonds. The van der Waals surface area contributed by atoms with Gasteiger partial charge in [-0.15, -0.1) is 0 Å². The van der Waals surface area contributed by atoms with E-state index in [0.29, 0.717) is 37.9 Å². The average molecular weight is 335 g/mol. The first-order valence-electron chi connectivity index (χ1n) is 7.54. The van der Waals surface area contributed by atoms with Crippen LogP contribution >= 0.6 is 12.2 Å². The second-order valence-electron chi connectivity index (χ2n) is 5.00. The topological polar surface area (TPSA) is 70.1 Å². The maximum Gasteiger partial charge on any atom is 0.409 e. The van der Waals surface area contributed by atoms with Crippen molar-refractivity contribution in [3.63, 3.8) is 0 Å². The standard InChI is InChI=1S/C15H21N5O2S/c1-3-22-15(21)20-10-8-19(9-11-20)14(23)18-17-12(2)13-6-4-5-7-16-13/h4-7H,3,8-11H2,1-2H3,(H,18,23)/b17-12+. The monoisotopic (exact) mass is 335 g/mol. The molecule has 0 radical (unpaired) electrons. The Balaban J connectivity index is 1.82. The van der Waals surface area contributed by atoms with Gasteiger partial charge in [-0.05, 0) is 38.2 Å². The molecule has 124 valence electrons. The largest absolute Gasteiger partial charge is 0.450 e. The van der Waals surface area contributed by atoms with Gasteiger partial charge in [0.15, 0.2) is 5.11 Å². The minimum absolute atomic E-state index is 0.268. The van der Waals surface area contributed by atoms with Crippen LogP contribution in [-0.4, -0.2) is 64.5 Å². The number of hydrazone groups is 1. The fourth-order valence-corrected chi connectivity index (χ4v) is 2.37. The van der Waals surface area contributed by atoms with E-state index in [1.807, 2.05) is 30.0 Å². The predicted molar refractivity (Wildman–Crippen MR) is 92.3 cm³/mol. The van der Waals surface area contributed by atoms with Crippen molar-refractivity contribution >= 4 is 29.1 Å². The molecule has 1 N–H and O–H groups in total. The van der Waals surface area contributed by atoms with Crippen LogP contribution in [0.5, 0.6) is 0 Å². The Morgan fingerprint density at radius 3 is 2.65 bits per heavy atom. The number of thiocarbonyl (C=S) groups is 1. The van der Waals surface area contributed by atoms with Crippen LogP contribution in [0.25, 0.3) is 0 Å². The van der Waals surface area contributed by atoms with E-state index in [9.17, 15) is 4.79 Å². The summed E-state index contributed by atoms with van der Waals surface area (Å²) in [5, 5.41) is 4.81. The first-order chi connectivity index (χ1) is 11.1. The number of carbonyl (C=O) groups is 1. The molecule has 23 heavy (non-hydrogen) atoms. The van der Waals surface area contributed by atoms with E-state index < -0.39 is 0 Å². The first kappa shape index (κ1) is 17.1. The van der Waals surface area contributed by atoms with E-state index in [-0.39, 0.29) is 6.09 Å². The molecule has 1 aliphatic rings. The predicted octanol–water partition coefficient (Wildman–Crippen LogP) is 1.45. The molecule has 0 aromatic carbocycles. The third kappa shape index (κ3) is 4.88. The van der Waals surface area contributed by atoms with Crippen LogP contribution in [0.1, 0.15) is 19.5 Å². The summed E-state index contributed by atoms with van der Waals surface area (Å²) in [5.41, 5.74) is 4.45. The van der Waals surface area contributed by atoms with Gasteiger partial charge in [-0.2, -0.15) is 5.10 Å². The highest BCUT2D eigenvalue weighted by molar-refractivity contribution is 7.80. The van der Waals surface area contributed by atoms with Crippen LogP contribution < -0.4 is 5.43 Å². The lowest BCUT2D eigenvalue weighted by molar-refractivity contribution is 0.0919. The summed E-state index contributed by atoms with van der Waals surface area (Å²) < 4.78 is 5.00. The van der Waals surface area contributed by atoms with Crippen molar-refractivity contribution in [2.75, 3.05) is 32.8 Å². The maximum absolute atomic E-state index is 11.7. The SMILES string of the molecule is CCOC(=O)N1CCN(C(=S)N/N=C(\C)c2ccccn2)CC1. The fraction of sp³-hybridized carbons (Fsp3) is 0.467. The van der Waals surface area contributed by atoms with Crippen molar-refractivity contribution in [1.82, 2.24) is 20.2 Å². The van der Waals surface area contributed by atoms with Gasteiger partial charge in [0.25, 0.3) is 0 Å². The molecule has 2 rings (SSSR count). The average Bonchev–Trinajstić information content (AvgIpc) is 2.60. The van der Waals surface area contributed by atoms with Crippen molar-refractivity contribution < 1.29 is 9.53 Å². The van der Waals surface area contributed by atoms with Gasteiger partial charge in [-0.3, -0.25) is 10.4 Å². The Morgan fingerprint density at radius 2 is 2.04 bits per heavy atom. The van der Waals surface area contributed by atoms with Gasteiger partial charge in [0.2, 0.25) is 0 Å². The Hall–Kier alpha value is -2.22. The molecule has 2 heterocycles. The molecule has 7 nitrogen and oxygen atoms in total. The minimum Gasteiger partial charge on any atom is -0.450 e. The van der Waals surface area contributed by atoms with Gasteiger partial charge in [-0.1, -0.05) is 6.07 Å². The Labute approximate surface area is 141 Å². The number of pyridine rings is 1. The zero-order chi connectivity index (χ0) is 16.7. The number of ether oxygens (including phenoxy) is 1. The van der Waals surface area contributed by atoms with Crippen molar-refractivity contribution in [3.8, 4) is 0 Å². The van der Waals surface area contributed by atoms with E-state index in [1.165, 1.54) is 0 Å². The van der Waals surface area contributed by atoms with E-state index in [1.54, 1.807) is 18.0 Å². The van der Waals surface area contributed by atoms with E-state index in [2.05, 4.69) is 15.5 Å². The lowest BCUT2D eigenvalue weighted by Crippen LogP contribution is -2.52. The zero-order valence-corrected chi connectivity index (χ0v) is 14.2. The zero-order valence-electron chi connectivity index (χ0n) is 13.4. The number of nitrogens with one attached hydrogen (secondary N) is 1. The van der Waals surface area contributed by atoms with E-state index >= 15 is 0 Å². The molecule has 1 saturated heterocycles. The van der Waals surface area contributed by atoms with Gasteiger partial charge < -0.3 is 14.5 Å². The van der Waals surface area contributed by atoms with Crippen molar-refractivity contribution in [2.45, 2.75) is 13.8 Å². The Kier molecular flexibility index (Phi) is 6.28.